The minimum Gasteiger partial charge on any atom is -0.368 e. The summed E-state index contributed by atoms with van der Waals surface area (Å²) in [4.78, 5) is 2.59. The molecule has 0 saturated carbocycles. The van der Waals surface area contributed by atoms with E-state index in [4.69, 9.17) is 0 Å². The van der Waals surface area contributed by atoms with Gasteiger partial charge in [-0.2, -0.15) is 0 Å². The Kier molecular flexibility index (Phi) is 1.43. The molecule has 3 rings (SSSR count). The molecule has 0 radical (unpaired) electrons. The van der Waals surface area contributed by atoms with E-state index in [0.717, 1.165) is 6.04 Å². The first-order valence-electron chi connectivity index (χ1n) is 5.23. The molecule has 2 aliphatic rings. The van der Waals surface area contributed by atoms with Crippen LogP contribution in [0.2, 0.25) is 0 Å². The number of para-hydroxylation sites is 1. The number of rotatable bonds is 0. The highest BCUT2D eigenvalue weighted by molar-refractivity contribution is 5.65. The molecular weight excluding hydrogens is 158 g/mol. The fourth-order valence-electron chi connectivity index (χ4n) is 2.80. The van der Waals surface area contributed by atoms with Crippen LogP contribution < -0.4 is 4.90 Å². The smallest absolute Gasteiger partial charge is 0.0434 e. The lowest BCUT2D eigenvalue weighted by atomic mass is 10.0. The van der Waals surface area contributed by atoms with Crippen LogP contribution in [0.15, 0.2) is 18.2 Å². The van der Waals surface area contributed by atoms with Gasteiger partial charge < -0.3 is 4.90 Å². The van der Waals surface area contributed by atoms with Gasteiger partial charge in [0.25, 0.3) is 0 Å². The van der Waals surface area contributed by atoms with Crippen LogP contribution in [0, 0.1) is 0 Å². The summed E-state index contributed by atoms with van der Waals surface area (Å²) in [5.74, 6) is 0. The Morgan fingerprint density at radius 1 is 1.31 bits per heavy atom. The summed E-state index contributed by atoms with van der Waals surface area (Å²) in [6.07, 6.45) is 3.87. The molecule has 0 aromatic heterocycles. The van der Waals surface area contributed by atoms with Gasteiger partial charge in [-0.05, 0) is 37.3 Å². The van der Waals surface area contributed by atoms with Gasteiger partial charge in [0.1, 0.15) is 0 Å². The van der Waals surface area contributed by atoms with E-state index in [2.05, 4.69) is 30.0 Å². The lowest BCUT2D eigenvalue weighted by molar-refractivity contribution is 0.628. The maximum Gasteiger partial charge on any atom is 0.0434 e. The topological polar surface area (TPSA) is 3.24 Å². The molecule has 0 fully saturated rings. The molecule has 0 bridgehead atoms. The van der Waals surface area contributed by atoms with E-state index in [1.807, 2.05) is 0 Å². The van der Waals surface area contributed by atoms with Crippen LogP contribution in [0.25, 0.3) is 0 Å². The summed E-state index contributed by atoms with van der Waals surface area (Å²) in [6, 6.07) is 7.54. The van der Waals surface area contributed by atoms with Crippen LogP contribution in [0.3, 0.4) is 0 Å². The lowest BCUT2D eigenvalue weighted by Gasteiger charge is -2.30. The maximum atomic E-state index is 2.59. The Morgan fingerprint density at radius 2 is 2.15 bits per heavy atom. The molecule has 1 heteroatoms. The standard InChI is InChI=1S/C12H15N/c1-9-8-11-5-2-4-10-6-3-7-13(9)12(10)11/h2,4-5,9H,3,6-8H2,1H3/t9-/m1/s1. The predicted octanol–water partition coefficient (Wildman–Crippen LogP) is 2.38. The van der Waals surface area contributed by atoms with Gasteiger partial charge in [-0.15, -0.1) is 0 Å². The molecular formula is C12H15N. The lowest BCUT2D eigenvalue weighted by Crippen LogP contribution is -2.33. The van der Waals surface area contributed by atoms with Gasteiger partial charge in [-0.3, -0.25) is 0 Å². The van der Waals surface area contributed by atoms with E-state index in [0.29, 0.717) is 0 Å². The highest BCUT2D eigenvalue weighted by Gasteiger charge is 2.29. The van der Waals surface area contributed by atoms with Crippen LogP contribution in [0.1, 0.15) is 24.5 Å². The fraction of sp³-hybridized carbons (Fsp3) is 0.500. The summed E-state index contributed by atoms with van der Waals surface area (Å²) >= 11 is 0. The Bertz CT molecular complexity index is 343. The van der Waals surface area contributed by atoms with Crippen molar-refractivity contribution in [2.24, 2.45) is 0 Å². The Balaban J connectivity index is 2.20. The average Bonchev–Trinajstić information content (AvgIpc) is 2.47. The quantitative estimate of drug-likeness (QED) is 0.582. The largest absolute Gasteiger partial charge is 0.368 e. The maximum absolute atomic E-state index is 2.59. The molecule has 68 valence electrons. The van der Waals surface area contributed by atoms with Crippen molar-refractivity contribution in [2.75, 3.05) is 11.4 Å². The van der Waals surface area contributed by atoms with E-state index >= 15 is 0 Å². The minimum atomic E-state index is 0.733. The van der Waals surface area contributed by atoms with Crippen molar-refractivity contribution < 1.29 is 0 Å². The number of hydrogen-bond donors (Lipinski definition) is 0. The van der Waals surface area contributed by atoms with Gasteiger partial charge in [0.05, 0.1) is 0 Å². The predicted molar refractivity (Wildman–Crippen MR) is 55.3 cm³/mol. The van der Waals surface area contributed by atoms with E-state index in [9.17, 15) is 0 Å². The van der Waals surface area contributed by atoms with Crippen LogP contribution in [-0.4, -0.2) is 12.6 Å². The Hall–Kier alpha value is -0.980. The molecule has 0 spiro atoms. The van der Waals surface area contributed by atoms with Gasteiger partial charge >= 0.3 is 0 Å². The number of aryl methyl sites for hydroxylation is 1. The molecule has 0 saturated heterocycles. The molecule has 0 N–H and O–H groups in total. The first-order chi connectivity index (χ1) is 6.36. The zero-order valence-corrected chi connectivity index (χ0v) is 8.09. The summed E-state index contributed by atoms with van der Waals surface area (Å²) in [5, 5.41) is 0. The van der Waals surface area contributed by atoms with Crippen molar-refractivity contribution in [1.82, 2.24) is 0 Å². The minimum absolute atomic E-state index is 0.733. The van der Waals surface area contributed by atoms with E-state index in [1.54, 1.807) is 16.8 Å². The summed E-state index contributed by atoms with van der Waals surface area (Å²) in [6.45, 7) is 3.61. The molecule has 1 aromatic carbocycles. The van der Waals surface area contributed by atoms with Gasteiger partial charge in [-0.1, -0.05) is 18.2 Å². The van der Waals surface area contributed by atoms with Crippen molar-refractivity contribution in [3.8, 4) is 0 Å². The number of anilines is 1. The van der Waals surface area contributed by atoms with Crippen molar-refractivity contribution in [2.45, 2.75) is 32.2 Å². The molecule has 2 aliphatic heterocycles. The van der Waals surface area contributed by atoms with Crippen molar-refractivity contribution in [1.29, 1.82) is 0 Å². The van der Waals surface area contributed by atoms with E-state index in [1.165, 1.54) is 25.8 Å². The van der Waals surface area contributed by atoms with Crippen molar-refractivity contribution in [3.05, 3.63) is 29.3 Å². The van der Waals surface area contributed by atoms with Gasteiger partial charge in [0.15, 0.2) is 0 Å². The highest BCUT2D eigenvalue weighted by Crippen LogP contribution is 2.38. The highest BCUT2D eigenvalue weighted by atomic mass is 15.2. The zero-order chi connectivity index (χ0) is 8.84. The van der Waals surface area contributed by atoms with Crippen molar-refractivity contribution >= 4 is 5.69 Å². The van der Waals surface area contributed by atoms with Gasteiger partial charge in [0.2, 0.25) is 0 Å². The second-order valence-corrected chi connectivity index (χ2v) is 4.27. The summed E-state index contributed by atoms with van der Waals surface area (Å²) < 4.78 is 0. The Labute approximate surface area is 79.4 Å². The second kappa shape index (κ2) is 2.50. The van der Waals surface area contributed by atoms with Gasteiger partial charge in [0, 0.05) is 18.3 Å². The molecule has 1 nitrogen and oxygen atoms in total. The molecule has 1 aromatic rings. The average molecular weight is 173 g/mol. The third-order valence-electron chi connectivity index (χ3n) is 3.38. The van der Waals surface area contributed by atoms with Gasteiger partial charge in [-0.25, -0.2) is 0 Å². The second-order valence-electron chi connectivity index (χ2n) is 4.27. The van der Waals surface area contributed by atoms with E-state index in [-0.39, 0.29) is 0 Å². The number of nitrogens with zero attached hydrogens (tertiary/aromatic N) is 1. The number of hydrogen-bond acceptors (Lipinski definition) is 1. The molecule has 2 heterocycles. The third-order valence-corrected chi connectivity index (χ3v) is 3.38. The third kappa shape index (κ3) is 0.932. The van der Waals surface area contributed by atoms with Crippen LogP contribution in [0.4, 0.5) is 5.69 Å². The van der Waals surface area contributed by atoms with Crippen LogP contribution in [0.5, 0.6) is 0 Å². The molecule has 0 unspecified atom stereocenters. The molecule has 1 atom stereocenters. The normalized spacial score (nSPS) is 24.7. The zero-order valence-electron chi connectivity index (χ0n) is 8.09. The monoisotopic (exact) mass is 173 g/mol. The first-order valence-corrected chi connectivity index (χ1v) is 5.23. The number of benzene rings is 1. The van der Waals surface area contributed by atoms with Crippen molar-refractivity contribution in [3.63, 3.8) is 0 Å². The summed E-state index contributed by atoms with van der Waals surface area (Å²) in [7, 11) is 0. The first kappa shape index (κ1) is 7.43. The Morgan fingerprint density at radius 3 is 3.08 bits per heavy atom. The molecule has 0 amide bonds. The SMILES string of the molecule is C[C@@H]1Cc2cccc3c2N1CCC3. The van der Waals surface area contributed by atoms with E-state index < -0.39 is 0 Å². The molecule has 0 aliphatic carbocycles. The van der Waals surface area contributed by atoms with Crippen LogP contribution in [-0.2, 0) is 12.8 Å². The summed E-state index contributed by atoms with van der Waals surface area (Å²) in [5.41, 5.74) is 4.72. The van der Waals surface area contributed by atoms with Crippen LogP contribution >= 0.6 is 0 Å². The fourth-order valence-corrected chi connectivity index (χ4v) is 2.80. The molecule has 13 heavy (non-hydrogen) atoms.